The maximum Gasteiger partial charge on any atom is 0.407 e. The molecular weight excluding hydrogens is 280 g/mol. The Labute approximate surface area is 120 Å². The predicted molar refractivity (Wildman–Crippen MR) is 76.0 cm³/mol. The van der Waals surface area contributed by atoms with Crippen molar-refractivity contribution in [2.24, 2.45) is 17.6 Å². The van der Waals surface area contributed by atoms with Crippen molar-refractivity contribution in [3.63, 3.8) is 0 Å². The summed E-state index contributed by atoms with van der Waals surface area (Å²) in [6, 6.07) is -0.120. The maximum absolute atomic E-state index is 11.8. The van der Waals surface area contributed by atoms with Gasteiger partial charge in [-0.05, 0) is 45.4 Å². The van der Waals surface area contributed by atoms with E-state index in [0.29, 0.717) is 12.8 Å². The molecule has 20 heavy (non-hydrogen) atoms. The summed E-state index contributed by atoms with van der Waals surface area (Å²) in [6.07, 6.45) is 0.769. The summed E-state index contributed by atoms with van der Waals surface area (Å²) in [6.45, 7) is 5.43. The normalized spacial score (nSPS) is 36.2. The fourth-order valence-corrected chi connectivity index (χ4v) is 5.35. The molecular formula is C13H24N2O4S. The van der Waals surface area contributed by atoms with Crippen molar-refractivity contribution >= 4 is 15.9 Å². The molecule has 7 heteroatoms. The lowest BCUT2D eigenvalue weighted by molar-refractivity contribution is 0.0468. The van der Waals surface area contributed by atoms with Crippen molar-refractivity contribution in [2.75, 3.05) is 11.5 Å². The van der Waals surface area contributed by atoms with Crippen LogP contribution >= 0.6 is 0 Å². The van der Waals surface area contributed by atoms with Crippen LogP contribution in [0, 0.1) is 11.8 Å². The predicted octanol–water partition coefficient (Wildman–Crippen LogP) is 0.662. The highest BCUT2D eigenvalue weighted by Gasteiger charge is 2.44. The van der Waals surface area contributed by atoms with Gasteiger partial charge in [-0.3, -0.25) is 0 Å². The Kier molecular flexibility index (Phi) is 4.03. The van der Waals surface area contributed by atoms with Gasteiger partial charge in [-0.25, -0.2) is 13.2 Å². The number of sulfone groups is 1. The Morgan fingerprint density at radius 3 is 2.15 bits per heavy atom. The summed E-state index contributed by atoms with van der Waals surface area (Å²) >= 11 is 0. The molecule has 1 aliphatic heterocycles. The molecule has 1 saturated carbocycles. The summed E-state index contributed by atoms with van der Waals surface area (Å²) < 4.78 is 28.7. The van der Waals surface area contributed by atoms with Crippen LogP contribution in [0.2, 0.25) is 0 Å². The van der Waals surface area contributed by atoms with Crippen LogP contribution < -0.4 is 11.1 Å². The molecule has 1 amide bonds. The largest absolute Gasteiger partial charge is 0.444 e. The zero-order valence-electron chi connectivity index (χ0n) is 12.3. The molecule has 0 aromatic heterocycles. The Balaban J connectivity index is 1.96. The van der Waals surface area contributed by atoms with Gasteiger partial charge in [0.1, 0.15) is 5.60 Å². The molecule has 2 bridgehead atoms. The molecule has 2 atom stereocenters. The average Bonchev–Trinajstić information content (AvgIpc) is 2.18. The van der Waals surface area contributed by atoms with Crippen molar-refractivity contribution in [1.29, 1.82) is 0 Å². The molecule has 1 saturated heterocycles. The van der Waals surface area contributed by atoms with E-state index in [1.807, 2.05) is 20.8 Å². The van der Waals surface area contributed by atoms with Gasteiger partial charge in [-0.15, -0.1) is 0 Å². The molecule has 0 aromatic carbocycles. The smallest absolute Gasteiger partial charge is 0.407 e. The second kappa shape index (κ2) is 5.18. The van der Waals surface area contributed by atoms with Crippen molar-refractivity contribution < 1.29 is 17.9 Å². The minimum atomic E-state index is -2.98. The van der Waals surface area contributed by atoms with E-state index < -0.39 is 21.5 Å². The second-order valence-corrected chi connectivity index (χ2v) is 9.14. The molecule has 0 unspecified atom stereocenters. The molecule has 0 aromatic rings. The van der Waals surface area contributed by atoms with Crippen molar-refractivity contribution in [3.05, 3.63) is 0 Å². The fraction of sp³-hybridized carbons (Fsp3) is 0.923. The van der Waals surface area contributed by atoms with E-state index in [1.165, 1.54) is 0 Å². The Bertz CT molecular complexity index is 461. The number of carbonyl (C=O) groups is 1. The number of nitrogens with one attached hydrogen (secondary N) is 1. The summed E-state index contributed by atoms with van der Waals surface area (Å²) in [7, 11) is -2.98. The molecule has 2 fully saturated rings. The van der Waals surface area contributed by atoms with Crippen molar-refractivity contribution in [2.45, 2.75) is 51.3 Å². The first-order chi connectivity index (χ1) is 9.06. The second-order valence-electron chi connectivity index (χ2n) is 6.99. The van der Waals surface area contributed by atoms with E-state index in [0.717, 1.165) is 0 Å². The molecule has 116 valence electrons. The van der Waals surface area contributed by atoms with Crippen LogP contribution in [0.15, 0.2) is 0 Å². The third-order valence-electron chi connectivity index (χ3n) is 3.92. The first-order valence-electron chi connectivity index (χ1n) is 7.01. The number of amides is 1. The number of carbonyl (C=O) groups excluding carboxylic acids is 1. The zero-order valence-corrected chi connectivity index (χ0v) is 13.1. The number of rotatable bonds is 1. The highest BCUT2D eigenvalue weighted by Crippen LogP contribution is 2.35. The number of hydrogen-bond acceptors (Lipinski definition) is 5. The quantitative estimate of drug-likeness (QED) is 0.741. The molecule has 6 nitrogen and oxygen atoms in total. The number of nitrogens with two attached hydrogens (primary N) is 1. The van der Waals surface area contributed by atoms with E-state index in [9.17, 15) is 13.2 Å². The Morgan fingerprint density at radius 2 is 1.70 bits per heavy atom. The average molecular weight is 304 g/mol. The van der Waals surface area contributed by atoms with Crippen molar-refractivity contribution in [1.82, 2.24) is 5.32 Å². The van der Waals surface area contributed by atoms with Crippen LogP contribution in [0.5, 0.6) is 0 Å². The fourth-order valence-electron chi connectivity index (χ4n) is 3.20. The number of fused-ring (bicyclic) bond motifs is 2. The van der Waals surface area contributed by atoms with E-state index in [1.54, 1.807) is 0 Å². The van der Waals surface area contributed by atoms with Crippen LogP contribution in [-0.2, 0) is 14.6 Å². The topological polar surface area (TPSA) is 98.5 Å². The van der Waals surface area contributed by atoms with Crippen LogP contribution in [0.3, 0.4) is 0 Å². The minimum Gasteiger partial charge on any atom is -0.444 e. The first kappa shape index (κ1) is 15.6. The summed E-state index contributed by atoms with van der Waals surface area (Å²) in [5, 5.41) is 2.84. The molecule has 2 aliphatic rings. The molecule has 3 N–H and O–H groups in total. The highest BCUT2D eigenvalue weighted by molar-refractivity contribution is 7.91. The molecule has 0 spiro atoms. The van der Waals surface area contributed by atoms with Gasteiger partial charge in [-0.1, -0.05) is 0 Å². The Morgan fingerprint density at radius 1 is 1.20 bits per heavy atom. The lowest BCUT2D eigenvalue weighted by Crippen LogP contribution is -2.57. The van der Waals surface area contributed by atoms with Crippen LogP contribution in [0.4, 0.5) is 4.79 Å². The van der Waals surface area contributed by atoms with Gasteiger partial charge in [-0.2, -0.15) is 0 Å². The van der Waals surface area contributed by atoms with Gasteiger partial charge in [0.2, 0.25) is 0 Å². The van der Waals surface area contributed by atoms with Gasteiger partial charge in [0.15, 0.2) is 9.84 Å². The maximum atomic E-state index is 11.8. The lowest BCUT2D eigenvalue weighted by atomic mass is 9.76. The van der Waals surface area contributed by atoms with Crippen molar-refractivity contribution in [3.8, 4) is 0 Å². The first-order valence-corrected chi connectivity index (χ1v) is 8.83. The SMILES string of the molecule is CC(C)(C)OC(=O)NC1C[C@H]2CS(=O)(=O)C[C@H](C1)C2N. The third kappa shape index (κ3) is 3.85. The Hall–Kier alpha value is -0.820. The molecule has 1 heterocycles. The van der Waals surface area contributed by atoms with Gasteiger partial charge in [0.25, 0.3) is 0 Å². The highest BCUT2D eigenvalue weighted by atomic mass is 32.2. The van der Waals surface area contributed by atoms with Crippen LogP contribution in [-0.4, -0.2) is 43.7 Å². The summed E-state index contributed by atoms with van der Waals surface area (Å²) in [5.74, 6) is 0.147. The standard InChI is InChI=1S/C13H24N2O4S/c1-13(2,3)19-12(16)15-10-4-8-6-20(17,18)7-9(5-10)11(8)14/h8-11H,4-7,14H2,1-3H3,(H,15,16)/t8-,9-,10?,11?/m0/s1. The number of hydrogen-bond donors (Lipinski definition) is 2. The van der Waals surface area contributed by atoms with Gasteiger partial charge in [0.05, 0.1) is 11.5 Å². The zero-order chi connectivity index (χ0) is 15.1. The van der Waals surface area contributed by atoms with E-state index in [-0.39, 0.29) is 35.4 Å². The summed E-state index contributed by atoms with van der Waals surface area (Å²) in [4.78, 5) is 11.8. The number of alkyl carbamates (subject to hydrolysis) is 1. The van der Waals surface area contributed by atoms with Gasteiger partial charge < -0.3 is 15.8 Å². The number of ether oxygens (including phenoxy) is 1. The third-order valence-corrected chi connectivity index (χ3v) is 5.79. The molecule has 1 aliphatic carbocycles. The van der Waals surface area contributed by atoms with E-state index in [2.05, 4.69) is 5.32 Å². The van der Waals surface area contributed by atoms with Gasteiger partial charge in [0, 0.05) is 12.1 Å². The van der Waals surface area contributed by atoms with Crippen LogP contribution in [0.1, 0.15) is 33.6 Å². The summed E-state index contributed by atoms with van der Waals surface area (Å²) in [5.41, 5.74) is 5.56. The van der Waals surface area contributed by atoms with E-state index in [4.69, 9.17) is 10.5 Å². The lowest BCUT2D eigenvalue weighted by Gasteiger charge is -2.43. The molecule has 2 rings (SSSR count). The minimum absolute atomic E-state index is 0.0462. The molecule has 0 radical (unpaired) electrons. The van der Waals surface area contributed by atoms with Gasteiger partial charge >= 0.3 is 6.09 Å². The monoisotopic (exact) mass is 304 g/mol. The van der Waals surface area contributed by atoms with E-state index >= 15 is 0 Å². The van der Waals surface area contributed by atoms with Crippen LogP contribution in [0.25, 0.3) is 0 Å².